The summed E-state index contributed by atoms with van der Waals surface area (Å²) < 4.78 is 18.9. The van der Waals surface area contributed by atoms with Gasteiger partial charge in [-0.15, -0.1) is 0 Å². The van der Waals surface area contributed by atoms with E-state index in [1.807, 2.05) is 11.0 Å². The van der Waals surface area contributed by atoms with Gasteiger partial charge in [-0.1, -0.05) is 18.7 Å². The Morgan fingerprint density at radius 3 is 2.90 bits per heavy atom. The molecule has 1 aromatic rings. The maximum atomic E-state index is 12.6. The van der Waals surface area contributed by atoms with Gasteiger partial charge in [0.15, 0.2) is 6.35 Å². The van der Waals surface area contributed by atoms with Crippen molar-refractivity contribution in [1.29, 1.82) is 5.26 Å². The fraction of sp³-hybridized carbons (Fsp3) is 0.688. The van der Waals surface area contributed by atoms with Crippen molar-refractivity contribution in [3.8, 4) is 11.8 Å². The van der Waals surface area contributed by atoms with E-state index in [1.54, 1.807) is 7.11 Å². The van der Waals surface area contributed by atoms with Crippen LogP contribution in [0.1, 0.15) is 49.7 Å². The molecule has 0 aromatic heterocycles. The minimum absolute atomic E-state index is 0.0815. The number of fused-ring (bicyclic) bond motifs is 2. The van der Waals surface area contributed by atoms with Crippen molar-refractivity contribution in [1.82, 2.24) is 25.3 Å². The molecule has 0 radical (unpaired) electrons. The minimum atomic E-state index is -0.279. The second-order valence-corrected chi connectivity index (χ2v) is 12.8. The fourth-order valence-electron chi connectivity index (χ4n) is 8.10. The number of piperazine rings is 1. The molecule has 0 bridgehead atoms. The van der Waals surface area contributed by atoms with Crippen molar-refractivity contribution in [2.24, 2.45) is 5.92 Å². The van der Waals surface area contributed by atoms with Crippen molar-refractivity contribution < 1.29 is 19.0 Å². The van der Waals surface area contributed by atoms with Gasteiger partial charge >= 0.3 is 0 Å². The number of benzene rings is 1. The molecule has 3 saturated heterocycles. The lowest BCUT2D eigenvalue weighted by Gasteiger charge is -2.56. The summed E-state index contributed by atoms with van der Waals surface area (Å²) >= 11 is 0. The molecule has 42 heavy (non-hydrogen) atoms. The van der Waals surface area contributed by atoms with Gasteiger partial charge in [-0.2, -0.15) is 5.26 Å². The number of nitrogens with zero attached hydrogens (tertiary/aromatic N) is 4. The van der Waals surface area contributed by atoms with Crippen molar-refractivity contribution >= 4 is 5.91 Å². The molecule has 1 spiro atoms. The SMILES string of the molecule is C=CC(=O)N1CCN(C2NC(OCC3CCCN3C)NC3C[C@]4(CCC32)Cc2cccc(OC)c2CO4)CC1CC#N. The molecule has 5 aliphatic rings. The molecule has 10 nitrogen and oxygen atoms in total. The molecule has 1 aromatic carbocycles. The number of carbonyl (C=O) groups excluding carboxylic acids is 1. The molecule has 1 aliphatic carbocycles. The Hall–Kier alpha value is -2.52. The standard InChI is InChI=1S/C32H46N6O4/c1-4-29(39)38-16-15-37(19-23(38)11-13-33)30-25-10-12-32(17-22-7-5-9-28(40-3)26(22)21-42-32)18-27(25)34-31(35-30)41-20-24-8-6-14-36(24)2/h4-5,7,9,23-25,27,30-31,34-35H,1,6,8,10-12,14-21H2,2-3H3/t23?,24?,25?,27?,30?,31?,32-/m0/s1. The van der Waals surface area contributed by atoms with E-state index < -0.39 is 0 Å². The Morgan fingerprint density at radius 1 is 1.26 bits per heavy atom. The van der Waals surface area contributed by atoms with Gasteiger partial charge in [-0.25, -0.2) is 0 Å². The predicted molar refractivity (Wildman–Crippen MR) is 158 cm³/mol. The Labute approximate surface area is 249 Å². The third-order valence-corrected chi connectivity index (χ3v) is 10.4. The van der Waals surface area contributed by atoms with Crippen molar-refractivity contribution in [2.75, 3.05) is 46.9 Å². The van der Waals surface area contributed by atoms with Crippen molar-refractivity contribution in [3.05, 3.63) is 42.0 Å². The molecule has 7 atom stereocenters. The van der Waals surface area contributed by atoms with E-state index in [1.165, 1.54) is 23.6 Å². The maximum absolute atomic E-state index is 12.6. The van der Waals surface area contributed by atoms with Crippen LogP contribution in [-0.2, 0) is 27.3 Å². The van der Waals surface area contributed by atoms with E-state index in [0.29, 0.717) is 44.7 Å². The number of amides is 1. The van der Waals surface area contributed by atoms with E-state index >= 15 is 0 Å². The first kappa shape index (κ1) is 29.5. The molecular weight excluding hydrogens is 532 g/mol. The minimum Gasteiger partial charge on any atom is -0.496 e. The Morgan fingerprint density at radius 2 is 2.14 bits per heavy atom. The quantitative estimate of drug-likeness (QED) is 0.472. The highest BCUT2D eigenvalue weighted by atomic mass is 16.5. The Bertz CT molecular complexity index is 1190. The van der Waals surface area contributed by atoms with Crippen LogP contribution in [0.25, 0.3) is 0 Å². The van der Waals surface area contributed by atoms with Crippen LogP contribution in [0, 0.1) is 17.2 Å². The molecule has 1 saturated carbocycles. The number of rotatable bonds is 7. The first-order valence-corrected chi connectivity index (χ1v) is 15.6. The van der Waals surface area contributed by atoms with Crippen LogP contribution >= 0.6 is 0 Å². The van der Waals surface area contributed by atoms with Crippen LogP contribution in [-0.4, -0.2) is 104 Å². The summed E-state index contributed by atoms with van der Waals surface area (Å²) in [6.45, 7) is 8.03. The Kier molecular flexibility index (Phi) is 8.87. The van der Waals surface area contributed by atoms with Crippen LogP contribution in [0.3, 0.4) is 0 Å². The molecule has 6 unspecified atom stereocenters. The summed E-state index contributed by atoms with van der Waals surface area (Å²) in [5.74, 6) is 1.16. The van der Waals surface area contributed by atoms with Crippen molar-refractivity contribution in [3.63, 3.8) is 0 Å². The monoisotopic (exact) mass is 578 g/mol. The summed E-state index contributed by atoms with van der Waals surface area (Å²) in [7, 11) is 3.90. The van der Waals surface area contributed by atoms with E-state index in [2.05, 4.69) is 52.3 Å². The lowest BCUT2D eigenvalue weighted by atomic mass is 9.69. The van der Waals surface area contributed by atoms with E-state index in [4.69, 9.17) is 14.2 Å². The van der Waals surface area contributed by atoms with Gasteiger partial charge in [0.05, 0.1) is 50.6 Å². The molecule has 4 fully saturated rings. The molecule has 2 N–H and O–H groups in total. The highest BCUT2D eigenvalue weighted by Crippen LogP contribution is 2.45. The predicted octanol–water partition coefficient (Wildman–Crippen LogP) is 2.20. The second-order valence-electron chi connectivity index (χ2n) is 12.8. The fourth-order valence-corrected chi connectivity index (χ4v) is 8.10. The number of ether oxygens (including phenoxy) is 3. The molecule has 6 rings (SSSR count). The average Bonchev–Trinajstić information content (AvgIpc) is 3.43. The zero-order valence-corrected chi connectivity index (χ0v) is 25.1. The number of carbonyl (C=O) groups is 1. The smallest absolute Gasteiger partial charge is 0.246 e. The van der Waals surface area contributed by atoms with Gasteiger partial charge in [-0.3, -0.25) is 20.3 Å². The number of likely N-dealkylation sites (N-methyl/N-ethyl adjacent to an activating group) is 1. The number of methoxy groups -OCH3 is 1. The van der Waals surface area contributed by atoms with Crippen LogP contribution in [0.2, 0.25) is 0 Å². The topological polar surface area (TPSA) is 102 Å². The number of hydrogen-bond donors (Lipinski definition) is 2. The molecule has 4 heterocycles. The van der Waals surface area contributed by atoms with Gasteiger partial charge < -0.3 is 24.0 Å². The summed E-state index contributed by atoms with van der Waals surface area (Å²) in [6, 6.07) is 9.11. The van der Waals surface area contributed by atoms with Gasteiger partial charge in [0.25, 0.3) is 0 Å². The van der Waals surface area contributed by atoms with E-state index in [-0.39, 0.29) is 36.1 Å². The van der Waals surface area contributed by atoms with Crippen LogP contribution in [0.5, 0.6) is 5.75 Å². The Balaban J connectivity index is 1.21. The maximum Gasteiger partial charge on any atom is 0.246 e. The van der Waals surface area contributed by atoms with Gasteiger partial charge in [0.1, 0.15) is 5.75 Å². The lowest BCUT2D eigenvalue weighted by molar-refractivity contribution is -0.153. The largest absolute Gasteiger partial charge is 0.496 e. The highest BCUT2D eigenvalue weighted by Gasteiger charge is 2.51. The van der Waals surface area contributed by atoms with E-state index in [0.717, 1.165) is 50.9 Å². The van der Waals surface area contributed by atoms with Crippen molar-refractivity contribution in [2.45, 2.75) is 87.8 Å². The third kappa shape index (κ3) is 5.83. The van der Waals surface area contributed by atoms with Gasteiger partial charge in [0.2, 0.25) is 5.91 Å². The molecule has 1 amide bonds. The average molecular weight is 579 g/mol. The normalized spacial score (nSPS) is 35.3. The highest BCUT2D eigenvalue weighted by molar-refractivity contribution is 5.87. The molecule has 10 heteroatoms. The number of likely N-dealkylation sites (tertiary alicyclic amines) is 1. The van der Waals surface area contributed by atoms with Crippen LogP contribution < -0.4 is 15.4 Å². The summed E-state index contributed by atoms with van der Waals surface area (Å²) in [6.07, 6.45) is 7.64. The van der Waals surface area contributed by atoms with E-state index in [9.17, 15) is 10.1 Å². The first-order valence-electron chi connectivity index (χ1n) is 15.6. The van der Waals surface area contributed by atoms with Crippen LogP contribution in [0.4, 0.5) is 0 Å². The lowest BCUT2D eigenvalue weighted by Crippen LogP contribution is -2.73. The van der Waals surface area contributed by atoms with Gasteiger partial charge in [0, 0.05) is 49.6 Å². The van der Waals surface area contributed by atoms with Crippen LogP contribution in [0.15, 0.2) is 30.9 Å². The summed E-state index contributed by atoms with van der Waals surface area (Å²) in [5, 5.41) is 17.2. The second kappa shape index (κ2) is 12.6. The molecule has 228 valence electrons. The molecule has 4 aliphatic heterocycles. The third-order valence-electron chi connectivity index (χ3n) is 10.4. The number of hydrogen-bond acceptors (Lipinski definition) is 9. The number of nitriles is 1. The molecular formula is C32H46N6O4. The first-order chi connectivity index (χ1) is 20.4. The zero-order valence-electron chi connectivity index (χ0n) is 25.1. The number of nitrogens with one attached hydrogen (secondary N) is 2. The summed E-state index contributed by atoms with van der Waals surface area (Å²) in [5.41, 5.74) is 2.27. The zero-order chi connectivity index (χ0) is 29.3. The summed E-state index contributed by atoms with van der Waals surface area (Å²) in [4.78, 5) is 19.2. The van der Waals surface area contributed by atoms with Gasteiger partial charge in [-0.05, 0) is 63.4 Å².